The lowest BCUT2D eigenvalue weighted by molar-refractivity contribution is -0.384. The number of benzene rings is 2. The Hall–Kier alpha value is -3.52. The monoisotopic (exact) mass is 507 g/mol. The number of aliphatic hydroxyl groups is 1. The first-order chi connectivity index (χ1) is 17.8. The van der Waals surface area contributed by atoms with E-state index in [4.69, 9.17) is 0 Å². The second-order valence-corrected chi connectivity index (χ2v) is 9.61. The van der Waals surface area contributed by atoms with Crippen molar-refractivity contribution in [3.8, 4) is 0 Å². The zero-order valence-corrected chi connectivity index (χ0v) is 22.0. The minimum atomic E-state index is -0.775. The first-order valence-corrected chi connectivity index (χ1v) is 13.1. The molecule has 37 heavy (non-hydrogen) atoms. The molecular weight excluding hydrogens is 470 g/mol. The first-order valence-electron chi connectivity index (χ1n) is 13.1. The van der Waals surface area contributed by atoms with Gasteiger partial charge < -0.3 is 14.9 Å². The minimum absolute atomic E-state index is 0.0387. The van der Waals surface area contributed by atoms with Crippen molar-refractivity contribution in [2.24, 2.45) is 0 Å². The topological polar surface area (TPSA) is 104 Å². The molecule has 1 fully saturated rings. The average molecular weight is 508 g/mol. The zero-order chi connectivity index (χ0) is 26.9. The number of hydrogen-bond donors (Lipinski definition) is 1. The molecule has 0 aliphatic carbocycles. The number of amides is 1. The van der Waals surface area contributed by atoms with Crippen LogP contribution in [0.5, 0.6) is 0 Å². The van der Waals surface area contributed by atoms with Crippen LogP contribution in [0.3, 0.4) is 0 Å². The van der Waals surface area contributed by atoms with E-state index in [2.05, 4.69) is 18.7 Å². The van der Waals surface area contributed by atoms with Crippen molar-refractivity contribution in [1.29, 1.82) is 0 Å². The summed E-state index contributed by atoms with van der Waals surface area (Å²) in [5, 5.41) is 22.4. The van der Waals surface area contributed by atoms with Gasteiger partial charge in [0.1, 0.15) is 5.76 Å². The molecule has 1 N–H and O–H groups in total. The van der Waals surface area contributed by atoms with E-state index < -0.39 is 28.4 Å². The molecule has 1 amide bonds. The number of ketones is 1. The number of nitro groups is 1. The van der Waals surface area contributed by atoms with E-state index >= 15 is 0 Å². The molecule has 1 aliphatic rings. The number of carbonyl (C=O) groups excluding carboxylic acids is 2. The highest BCUT2D eigenvalue weighted by molar-refractivity contribution is 6.46. The second kappa shape index (κ2) is 13.1. The van der Waals surface area contributed by atoms with Crippen molar-refractivity contribution in [1.82, 2.24) is 9.80 Å². The summed E-state index contributed by atoms with van der Waals surface area (Å²) in [5.74, 6) is -1.84. The minimum Gasteiger partial charge on any atom is -0.507 e. The van der Waals surface area contributed by atoms with Crippen LogP contribution in [0, 0.1) is 17.0 Å². The molecule has 0 spiro atoms. The third-order valence-electron chi connectivity index (χ3n) is 6.79. The number of aryl methyl sites for hydroxylation is 1. The Kier molecular flexibility index (Phi) is 9.97. The third kappa shape index (κ3) is 6.83. The summed E-state index contributed by atoms with van der Waals surface area (Å²) in [5.41, 5.74) is 1.63. The fourth-order valence-corrected chi connectivity index (χ4v) is 4.69. The lowest BCUT2D eigenvalue weighted by atomic mass is 9.94. The SMILES string of the molecule is CCCCN(CCCC)CCCN1C(=O)C(=O)C(=C(O)c2cccc([N+](=O)[O-])c2)[C@H]1c1ccc(C)cc1. The molecule has 0 radical (unpaired) electrons. The van der Waals surface area contributed by atoms with Crippen molar-refractivity contribution < 1.29 is 19.6 Å². The molecule has 8 nitrogen and oxygen atoms in total. The Morgan fingerprint density at radius 3 is 2.22 bits per heavy atom. The van der Waals surface area contributed by atoms with Crippen molar-refractivity contribution >= 4 is 23.1 Å². The van der Waals surface area contributed by atoms with Gasteiger partial charge in [-0.2, -0.15) is 0 Å². The second-order valence-electron chi connectivity index (χ2n) is 9.61. The summed E-state index contributed by atoms with van der Waals surface area (Å²) >= 11 is 0. The number of hydrogen-bond acceptors (Lipinski definition) is 6. The van der Waals surface area contributed by atoms with Crippen LogP contribution in [-0.2, 0) is 9.59 Å². The average Bonchev–Trinajstić information content (AvgIpc) is 3.15. The lowest BCUT2D eigenvalue weighted by Crippen LogP contribution is -2.34. The van der Waals surface area contributed by atoms with E-state index in [1.54, 1.807) is 0 Å². The van der Waals surface area contributed by atoms with Gasteiger partial charge in [-0.15, -0.1) is 0 Å². The fourth-order valence-electron chi connectivity index (χ4n) is 4.69. The van der Waals surface area contributed by atoms with E-state index in [1.807, 2.05) is 31.2 Å². The van der Waals surface area contributed by atoms with Crippen molar-refractivity contribution in [3.63, 3.8) is 0 Å². The van der Waals surface area contributed by atoms with E-state index in [0.29, 0.717) is 18.5 Å². The highest BCUT2D eigenvalue weighted by Gasteiger charge is 2.45. The molecule has 0 bridgehead atoms. The highest BCUT2D eigenvalue weighted by Crippen LogP contribution is 2.39. The number of nitrogens with zero attached hydrogens (tertiary/aromatic N) is 3. The number of rotatable bonds is 13. The summed E-state index contributed by atoms with van der Waals surface area (Å²) in [4.78, 5) is 41.1. The number of Topliss-reactive ketones (excluding diaryl/α,β-unsaturated/α-hetero) is 1. The van der Waals surface area contributed by atoms with Gasteiger partial charge in [-0.05, 0) is 51.4 Å². The lowest BCUT2D eigenvalue weighted by Gasteiger charge is -2.27. The molecule has 0 aromatic heterocycles. The van der Waals surface area contributed by atoms with Gasteiger partial charge in [0.05, 0.1) is 16.5 Å². The summed E-state index contributed by atoms with van der Waals surface area (Å²) in [6.07, 6.45) is 5.14. The largest absolute Gasteiger partial charge is 0.507 e. The van der Waals surface area contributed by atoms with Crippen molar-refractivity contribution in [2.75, 3.05) is 26.2 Å². The summed E-state index contributed by atoms with van der Waals surface area (Å²) < 4.78 is 0. The van der Waals surface area contributed by atoms with Gasteiger partial charge >= 0.3 is 0 Å². The Bertz CT molecular complexity index is 1130. The highest BCUT2D eigenvalue weighted by atomic mass is 16.6. The normalized spacial score (nSPS) is 17.1. The van der Waals surface area contributed by atoms with Crippen molar-refractivity contribution in [2.45, 2.75) is 58.9 Å². The number of aliphatic hydroxyl groups excluding tert-OH is 1. The van der Waals surface area contributed by atoms with Crippen LogP contribution in [0.1, 0.15) is 68.7 Å². The maximum Gasteiger partial charge on any atom is 0.295 e. The third-order valence-corrected chi connectivity index (χ3v) is 6.79. The van der Waals surface area contributed by atoms with Gasteiger partial charge in [0.2, 0.25) is 0 Å². The number of non-ortho nitro benzene ring substituents is 1. The number of nitro benzene ring substituents is 1. The van der Waals surface area contributed by atoms with Gasteiger partial charge in [0.25, 0.3) is 17.4 Å². The number of likely N-dealkylation sites (tertiary alicyclic amines) is 1. The van der Waals surface area contributed by atoms with Gasteiger partial charge in [-0.3, -0.25) is 19.7 Å². The Labute approximate surface area is 218 Å². The standard InChI is InChI=1S/C29H37N3O5/c1-4-6-16-30(17-7-5-2)18-9-19-31-26(22-14-12-21(3)13-15-22)25(28(34)29(31)35)27(33)23-10-8-11-24(20-23)32(36)37/h8,10-15,20,26,33H,4-7,9,16-19H2,1-3H3/t26-/m1/s1. The van der Waals surface area contributed by atoms with Crippen LogP contribution in [0.15, 0.2) is 54.1 Å². The van der Waals surface area contributed by atoms with Crippen LogP contribution in [0.25, 0.3) is 5.76 Å². The molecule has 3 rings (SSSR count). The Balaban J connectivity index is 1.95. The van der Waals surface area contributed by atoms with Gasteiger partial charge in [0.15, 0.2) is 0 Å². The predicted octanol–water partition coefficient (Wildman–Crippen LogP) is 5.62. The van der Waals surface area contributed by atoms with Crippen LogP contribution >= 0.6 is 0 Å². The van der Waals surface area contributed by atoms with Crippen molar-refractivity contribution in [3.05, 3.63) is 80.9 Å². The number of unbranched alkanes of at least 4 members (excludes halogenated alkanes) is 2. The molecular formula is C29H37N3O5. The fraction of sp³-hybridized carbons (Fsp3) is 0.448. The van der Waals surface area contributed by atoms with Crippen LogP contribution in [-0.4, -0.2) is 57.7 Å². The Morgan fingerprint density at radius 2 is 1.62 bits per heavy atom. The summed E-state index contributed by atoms with van der Waals surface area (Å²) in [7, 11) is 0. The zero-order valence-electron chi connectivity index (χ0n) is 22.0. The molecule has 8 heteroatoms. The van der Waals surface area contributed by atoms with E-state index in [9.17, 15) is 24.8 Å². The Morgan fingerprint density at radius 1 is 1.00 bits per heavy atom. The quantitative estimate of drug-likeness (QED) is 0.124. The molecule has 198 valence electrons. The summed E-state index contributed by atoms with van der Waals surface area (Å²) in [6, 6.07) is 12.2. The number of carbonyl (C=O) groups is 2. The van der Waals surface area contributed by atoms with E-state index in [0.717, 1.165) is 50.9 Å². The van der Waals surface area contributed by atoms with Gasteiger partial charge in [-0.25, -0.2) is 0 Å². The summed E-state index contributed by atoms with van der Waals surface area (Å²) in [6.45, 7) is 9.47. The van der Waals surface area contributed by atoms with E-state index in [1.165, 1.54) is 29.2 Å². The smallest absolute Gasteiger partial charge is 0.295 e. The molecule has 0 saturated carbocycles. The molecule has 2 aromatic rings. The molecule has 0 unspecified atom stereocenters. The van der Waals surface area contributed by atoms with Crippen LogP contribution in [0.2, 0.25) is 0 Å². The molecule has 1 atom stereocenters. The predicted molar refractivity (Wildman–Crippen MR) is 144 cm³/mol. The molecule has 2 aromatic carbocycles. The van der Waals surface area contributed by atoms with Gasteiger partial charge in [-0.1, -0.05) is 68.7 Å². The maximum absolute atomic E-state index is 13.2. The van der Waals surface area contributed by atoms with Crippen LogP contribution in [0.4, 0.5) is 5.69 Å². The maximum atomic E-state index is 13.2. The van der Waals surface area contributed by atoms with Crippen LogP contribution < -0.4 is 0 Å². The first kappa shape index (κ1) is 28.1. The van der Waals surface area contributed by atoms with E-state index in [-0.39, 0.29) is 16.8 Å². The van der Waals surface area contributed by atoms with Gasteiger partial charge in [0, 0.05) is 24.2 Å². The molecule has 1 saturated heterocycles. The molecule has 1 aliphatic heterocycles. The molecule has 1 heterocycles.